The summed E-state index contributed by atoms with van der Waals surface area (Å²) in [6, 6.07) is 6.20. The van der Waals surface area contributed by atoms with Gasteiger partial charge in [0, 0.05) is 5.56 Å². The molecule has 0 radical (unpaired) electrons. The van der Waals surface area contributed by atoms with Crippen molar-refractivity contribution in [2.75, 3.05) is 0 Å². The average molecular weight is 300 g/mol. The van der Waals surface area contributed by atoms with Crippen molar-refractivity contribution in [3.63, 3.8) is 0 Å². The van der Waals surface area contributed by atoms with E-state index >= 15 is 0 Å². The lowest BCUT2D eigenvalue weighted by Gasteiger charge is -2.07. The van der Waals surface area contributed by atoms with Crippen molar-refractivity contribution in [3.8, 4) is 11.6 Å². The molecule has 0 saturated heterocycles. The molecule has 0 atom stereocenters. The van der Waals surface area contributed by atoms with Gasteiger partial charge in [0.15, 0.2) is 0 Å². The summed E-state index contributed by atoms with van der Waals surface area (Å²) < 4.78 is 1.70. The first-order valence-corrected chi connectivity index (χ1v) is 8.31. The van der Waals surface area contributed by atoms with Crippen LogP contribution >= 0.6 is 0 Å². The summed E-state index contributed by atoms with van der Waals surface area (Å²) in [4.78, 5) is 0. The van der Waals surface area contributed by atoms with Crippen molar-refractivity contribution >= 4 is 0 Å². The van der Waals surface area contributed by atoms with Crippen LogP contribution in [0.25, 0.3) is 5.69 Å². The first-order chi connectivity index (χ1) is 10.4. The van der Waals surface area contributed by atoms with Gasteiger partial charge in [-0.3, -0.25) is 0 Å². The summed E-state index contributed by atoms with van der Waals surface area (Å²) >= 11 is 0. The van der Waals surface area contributed by atoms with E-state index in [2.05, 4.69) is 46.8 Å². The van der Waals surface area contributed by atoms with Gasteiger partial charge in [0.05, 0.1) is 11.4 Å². The zero-order chi connectivity index (χ0) is 16.3. The second kappa shape index (κ2) is 6.99. The minimum absolute atomic E-state index is 0.312. The molecule has 0 fully saturated rings. The minimum atomic E-state index is 0.312. The third-order valence-corrected chi connectivity index (χ3v) is 4.16. The Bertz CT molecular complexity index is 641. The summed E-state index contributed by atoms with van der Waals surface area (Å²) in [7, 11) is 0. The fraction of sp³-hybridized carbons (Fsp3) is 0.526. The molecule has 0 aliphatic carbocycles. The Hall–Kier alpha value is -1.77. The molecular weight excluding hydrogens is 272 g/mol. The number of aromatic nitrogens is 2. The topological polar surface area (TPSA) is 38.0 Å². The number of hydrogen-bond donors (Lipinski definition) is 1. The van der Waals surface area contributed by atoms with Gasteiger partial charge in [-0.25, -0.2) is 4.68 Å². The van der Waals surface area contributed by atoms with Gasteiger partial charge in [0.25, 0.3) is 0 Å². The van der Waals surface area contributed by atoms with E-state index in [1.54, 1.807) is 4.68 Å². The molecule has 1 aromatic heterocycles. The van der Waals surface area contributed by atoms with Crippen molar-refractivity contribution in [3.05, 3.63) is 40.6 Å². The average Bonchev–Trinajstić information content (AvgIpc) is 2.75. The van der Waals surface area contributed by atoms with E-state index < -0.39 is 0 Å². The Kier molecular flexibility index (Phi) is 5.28. The number of hydrogen-bond acceptors (Lipinski definition) is 2. The molecule has 1 aromatic carbocycles. The SMILES string of the molecule is CCCCc1c(CC(C)C)nn(-c2ccc(C)c(C)c2)c1O. The predicted molar refractivity (Wildman–Crippen MR) is 91.9 cm³/mol. The molecule has 22 heavy (non-hydrogen) atoms. The Morgan fingerprint density at radius 2 is 1.91 bits per heavy atom. The zero-order valence-electron chi connectivity index (χ0n) is 14.5. The van der Waals surface area contributed by atoms with Gasteiger partial charge in [-0.15, -0.1) is 0 Å². The molecule has 0 aliphatic heterocycles. The van der Waals surface area contributed by atoms with Gasteiger partial charge < -0.3 is 5.11 Å². The molecule has 0 unspecified atom stereocenters. The summed E-state index contributed by atoms with van der Waals surface area (Å²) in [6.07, 6.45) is 4.01. The summed E-state index contributed by atoms with van der Waals surface area (Å²) in [5, 5.41) is 15.4. The highest BCUT2D eigenvalue weighted by Gasteiger charge is 2.18. The van der Waals surface area contributed by atoms with E-state index in [4.69, 9.17) is 5.10 Å². The van der Waals surface area contributed by atoms with Gasteiger partial charge in [-0.05, 0) is 62.3 Å². The number of unbranched alkanes of at least 4 members (excludes halogenated alkanes) is 1. The third-order valence-electron chi connectivity index (χ3n) is 4.16. The maximum Gasteiger partial charge on any atom is 0.217 e. The van der Waals surface area contributed by atoms with E-state index in [0.717, 1.165) is 42.6 Å². The Morgan fingerprint density at radius 3 is 2.50 bits per heavy atom. The van der Waals surface area contributed by atoms with E-state index in [9.17, 15) is 5.11 Å². The first-order valence-electron chi connectivity index (χ1n) is 8.31. The van der Waals surface area contributed by atoms with Crippen LogP contribution in [0.2, 0.25) is 0 Å². The highest BCUT2D eigenvalue weighted by molar-refractivity contribution is 5.44. The predicted octanol–water partition coefficient (Wildman–Crippen LogP) is 4.74. The van der Waals surface area contributed by atoms with Crippen molar-refractivity contribution < 1.29 is 5.11 Å². The van der Waals surface area contributed by atoms with E-state index in [1.807, 2.05) is 6.07 Å². The van der Waals surface area contributed by atoms with Crippen LogP contribution in [-0.2, 0) is 12.8 Å². The number of rotatable bonds is 6. The number of benzene rings is 1. The van der Waals surface area contributed by atoms with E-state index in [0.29, 0.717) is 11.8 Å². The van der Waals surface area contributed by atoms with Crippen LogP contribution in [0.5, 0.6) is 5.88 Å². The number of nitrogens with zero attached hydrogens (tertiary/aromatic N) is 2. The normalized spacial score (nSPS) is 11.4. The molecule has 2 aromatic rings. The molecule has 120 valence electrons. The maximum atomic E-state index is 10.7. The van der Waals surface area contributed by atoms with Crippen LogP contribution in [0.15, 0.2) is 18.2 Å². The summed E-state index contributed by atoms with van der Waals surface area (Å²) in [5.41, 5.74) is 5.47. The molecule has 0 bridgehead atoms. The second-order valence-electron chi connectivity index (χ2n) is 6.63. The van der Waals surface area contributed by atoms with Crippen molar-refractivity contribution in [1.82, 2.24) is 9.78 Å². The molecule has 1 heterocycles. The molecule has 0 aliphatic rings. The van der Waals surface area contributed by atoms with Gasteiger partial charge in [-0.1, -0.05) is 33.3 Å². The summed E-state index contributed by atoms with van der Waals surface area (Å²) in [5.74, 6) is 0.843. The van der Waals surface area contributed by atoms with Crippen LogP contribution in [0.3, 0.4) is 0 Å². The molecule has 3 heteroatoms. The maximum absolute atomic E-state index is 10.7. The fourth-order valence-electron chi connectivity index (χ4n) is 2.68. The van der Waals surface area contributed by atoms with Gasteiger partial charge in [0.1, 0.15) is 0 Å². The molecule has 0 saturated carbocycles. The first kappa shape index (κ1) is 16.6. The lowest BCUT2D eigenvalue weighted by atomic mass is 10.0. The third kappa shape index (κ3) is 3.52. The lowest BCUT2D eigenvalue weighted by molar-refractivity contribution is 0.427. The van der Waals surface area contributed by atoms with Crippen molar-refractivity contribution in [2.45, 2.75) is 60.3 Å². The minimum Gasteiger partial charge on any atom is -0.493 e. The highest BCUT2D eigenvalue weighted by atomic mass is 16.3. The Morgan fingerprint density at radius 1 is 1.18 bits per heavy atom. The van der Waals surface area contributed by atoms with E-state index in [-0.39, 0.29) is 0 Å². The van der Waals surface area contributed by atoms with Crippen LogP contribution in [0, 0.1) is 19.8 Å². The Balaban J connectivity index is 2.46. The monoisotopic (exact) mass is 300 g/mol. The van der Waals surface area contributed by atoms with Crippen LogP contribution in [0.1, 0.15) is 56.0 Å². The fourth-order valence-corrected chi connectivity index (χ4v) is 2.68. The van der Waals surface area contributed by atoms with Crippen molar-refractivity contribution in [1.29, 1.82) is 0 Å². The number of aryl methyl sites for hydroxylation is 2. The van der Waals surface area contributed by atoms with Crippen LogP contribution < -0.4 is 0 Å². The van der Waals surface area contributed by atoms with Crippen LogP contribution in [0.4, 0.5) is 0 Å². The highest BCUT2D eigenvalue weighted by Crippen LogP contribution is 2.28. The van der Waals surface area contributed by atoms with Gasteiger partial charge >= 0.3 is 0 Å². The molecule has 0 amide bonds. The van der Waals surface area contributed by atoms with E-state index in [1.165, 1.54) is 11.1 Å². The quantitative estimate of drug-likeness (QED) is 0.837. The van der Waals surface area contributed by atoms with Gasteiger partial charge in [0.2, 0.25) is 5.88 Å². The van der Waals surface area contributed by atoms with Crippen LogP contribution in [-0.4, -0.2) is 14.9 Å². The molecule has 3 nitrogen and oxygen atoms in total. The zero-order valence-corrected chi connectivity index (χ0v) is 14.5. The lowest BCUT2D eigenvalue weighted by Crippen LogP contribution is -2.01. The molecule has 1 N–H and O–H groups in total. The van der Waals surface area contributed by atoms with Gasteiger partial charge in [-0.2, -0.15) is 5.10 Å². The standard InChI is InChI=1S/C19H28N2O/c1-6-7-8-17-18(11-13(2)3)20-21(19(17)22)16-10-9-14(4)15(5)12-16/h9-10,12-13,22H,6-8,11H2,1-5H3. The molecular formula is C19H28N2O. The largest absolute Gasteiger partial charge is 0.493 e. The number of aromatic hydroxyl groups is 1. The molecule has 0 spiro atoms. The Labute approximate surface area is 134 Å². The summed E-state index contributed by atoms with van der Waals surface area (Å²) in [6.45, 7) is 10.7. The molecule has 2 rings (SSSR count). The van der Waals surface area contributed by atoms with Crippen molar-refractivity contribution in [2.24, 2.45) is 5.92 Å². The smallest absolute Gasteiger partial charge is 0.217 e. The second-order valence-corrected chi connectivity index (χ2v) is 6.63.